The van der Waals surface area contributed by atoms with Gasteiger partial charge in [0.2, 0.25) is 5.91 Å². The van der Waals surface area contributed by atoms with Crippen LogP contribution in [-0.2, 0) is 9.53 Å². The van der Waals surface area contributed by atoms with Gasteiger partial charge < -0.3 is 15.4 Å². The Balaban J connectivity index is 3.73. The van der Waals surface area contributed by atoms with Crippen LogP contribution in [0.15, 0.2) is 0 Å². The second kappa shape index (κ2) is 7.63. The van der Waals surface area contributed by atoms with Crippen LogP contribution in [0.1, 0.15) is 40.5 Å². The van der Waals surface area contributed by atoms with Crippen LogP contribution in [0.25, 0.3) is 0 Å². The first-order valence-electron chi connectivity index (χ1n) is 5.94. The Morgan fingerprint density at radius 1 is 1.44 bits per heavy atom. The molecule has 0 radical (unpaired) electrons. The van der Waals surface area contributed by atoms with Crippen molar-refractivity contribution in [1.82, 2.24) is 10.6 Å². The third-order valence-corrected chi connectivity index (χ3v) is 2.73. The Bertz CT molecular complexity index is 205. The molecule has 1 unspecified atom stereocenters. The standard InChI is InChI=1S/C12H26N2O2/c1-6-12(3,4)14-11(15)9-13-10(2)7-8-16-5/h10,13H,6-9H2,1-5H3,(H,14,15). The van der Waals surface area contributed by atoms with Crippen LogP contribution in [0.5, 0.6) is 0 Å². The van der Waals surface area contributed by atoms with Crippen molar-refractivity contribution in [1.29, 1.82) is 0 Å². The van der Waals surface area contributed by atoms with Gasteiger partial charge in [-0.15, -0.1) is 0 Å². The lowest BCUT2D eigenvalue weighted by Crippen LogP contribution is -2.47. The highest BCUT2D eigenvalue weighted by Crippen LogP contribution is 2.05. The van der Waals surface area contributed by atoms with E-state index in [0.717, 1.165) is 19.4 Å². The first-order chi connectivity index (χ1) is 7.41. The maximum Gasteiger partial charge on any atom is 0.234 e. The Kier molecular flexibility index (Phi) is 7.34. The van der Waals surface area contributed by atoms with Crippen molar-refractivity contribution in [2.75, 3.05) is 20.3 Å². The van der Waals surface area contributed by atoms with Crippen LogP contribution in [0.4, 0.5) is 0 Å². The van der Waals surface area contributed by atoms with E-state index in [0.29, 0.717) is 12.6 Å². The minimum absolute atomic E-state index is 0.0520. The number of nitrogens with one attached hydrogen (secondary N) is 2. The number of ether oxygens (including phenoxy) is 1. The molecule has 0 aromatic rings. The van der Waals surface area contributed by atoms with E-state index < -0.39 is 0 Å². The fourth-order valence-corrected chi connectivity index (χ4v) is 1.17. The van der Waals surface area contributed by atoms with Crippen LogP contribution >= 0.6 is 0 Å². The Labute approximate surface area is 99.1 Å². The molecule has 16 heavy (non-hydrogen) atoms. The van der Waals surface area contributed by atoms with E-state index in [1.54, 1.807) is 7.11 Å². The van der Waals surface area contributed by atoms with Gasteiger partial charge in [0.05, 0.1) is 6.54 Å². The molecule has 0 aliphatic carbocycles. The lowest BCUT2D eigenvalue weighted by molar-refractivity contribution is -0.122. The van der Waals surface area contributed by atoms with Crippen molar-refractivity contribution in [3.05, 3.63) is 0 Å². The predicted octanol–water partition coefficient (Wildman–Crippen LogP) is 1.31. The summed E-state index contributed by atoms with van der Waals surface area (Å²) in [6, 6.07) is 0.301. The van der Waals surface area contributed by atoms with Crippen molar-refractivity contribution < 1.29 is 9.53 Å². The van der Waals surface area contributed by atoms with Crippen molar-refractivity contribution in [2.24, 2.45) is 0 Å². The van der Waals surface area contributed by atoms with Gasteiger partial charge in [-0.2, -0.15) is 0 Å². The third-order valence-electron chi connectivity index (χ3n) is 2.73. The largest absolute Gasteiger partial charge is 0.385 e. The van der Waals surface area contributed by atoms with Gasteiger partial charge in [0.25, 0.3) is 0 Å². The van der Waals surface area contributed by atoms with Crippen molar-refractivity contribution >= 4 is 5.91 Å². The van der Waals surface area contributed by atoms with Gasteiger partial charge in [-0.3, -0.25) is 4.79 Å². The molecule has 0 aromatic heterocycles. The number of amides is 1. The van der Waals surface area contributed by atoms with E-state index in [1.165, 1.54) is 0 Å². The van der Waals surface area contributed by atoms with Crippen LogP contribution in [0, 0.1) is 0 Å². The molecular formula is C12H26N2O2. The third kappa shape index (κ3) is 7.65. The van der Waals surface area contributed by atoms with Crippen LogP contribution < -0.4 is 10.6 Å². The molecule has 4 nitrogen and oxygen atoms in total. The number of hydrogen-bond acceptors (Lipinski definition) is 3. The fourth-order valence-electron chi connectivity index (χ4n) is 1.17. The molecule has 0 saturated heterocycles. The SMILES string of the molecule is CCC(C)(C)NC(=O)CNC(C)CCOC. The summed E-state index contributed by atoms with van der Waals surface area (Å²) in [4.78, 5) is 11.6. The first kappa shape index (κ1) is 15.4. The fraction of sp³-hybridized carbons (Fsp3) is 0.917. The summed E-state index contributed by atoms with van der Waals surface area (Å²) in [5.41, 5.74) is -0.117. The molecule has 0 aromatic carbocycles. The van der Waals surface area contributed by atoms with E-state index in [1.807, 2.05) is 13.8 Å². The normalized spacial score (nSPS) is 13.6. The Morgan fingerprint density at radius 3 is 2.56 bits per heavy atom. The number of hydrogen-bond donors (Lipinski definition) is 2. The number of rotatable bonds is 8. The highest BCUT2D eigenvalue weighted by atomic mass is 16.5. The van der Waals surface area contributed by atoms with Crippen LogP contribution in [-0.4, -0.2) is 37.7 Å². The second-order valence-corrected chi connectivity index (χ2v) is 4.85. The van der Waals surface area contributed by atoms with Gasteiger partial charge in [-0.25, -0.2) is 0 Å². The first-order valence-corrected chi connectivity index (χ1v) is 5.94. The molecule has 0 heterocycles. The molecule has 0 spiro atoms. The Morgan fingerprint density at radius 2 is 2.06 bits per heavy atom. The summed E-state index contributed by atoms with van der Waals surface area (Å²) in [6.07, 6.45) is 1.85. The lowest BCUT2D eigenvalue weighted by Gasteiger charge is -2.25. The summed E-state index contributed by atoms with van der Waals surface area (Å²) in [6.45, 7) is 9.26. The van der Waals surface area contributed by atoms with Crippen LogP contribution in [0.2, 0.25) is 0 Å². The summed E-state index contributed by atoms with van der Waals surface area (Å²) >= 11 is 0. The molecule has 0 aliphatic heterocycles. The van der Waals surface area contributed by atoms with E-state index in [9.17, 15) is 4.79 Å². The zero-order valence-electron chi connectivity index (χ0n) is 11.2. The van der Waals surface area contributed by atoms with Crippen molar-refractivity contribution in [2.45, 2.75) is 52.1 Å². The smallest absolute Gasteiger partial charge is 0.234 e. The van der Waals surface area contributed by atoms with Gasteiger partial charge in [0.15, 0.2) is 0 Å². The molecule has 0 bridgehead atoms. The van der Waals surface area contributed by atoms with E-state index >= 15 is 0 Å². The lowest BCUT2D eigenvalue weighted by atomic mass is 10.0. The average molecular weight is 230 g/mol. The summed E-state index contributed by atoms with van der Waals surface area (Å²) < 4.78 is 4.98. The van der Waals surface area contributed by atoms with Gasteiger partial charge in [-0.1, -0.05) is 6.92 Å². The molecule has 1 atom stereocenters. The second-order valence-electron chi connectivity index (χ2n) is 4.85. The van der Waals surface area contributed by atoms with E-state index in [-0.39, 0.29) is 11.4 Å². The molecule has 0 fully saturated rings. The minimum Gasteiger partial charge on any atom is -0.385 e. The number of carbonyl (C=O) groups excluding carboxylic acids is 1. The molecule has 0 aliphatic rings. The molecule has 2 N–H and O–H groups in total. The molecule has 1 amide bonds. The van der Waals surface area contributed by atoms with Crippen molar-refractivity contribution in [3.8, 4) is 0 Å². The molecule has 0 rings (SSSR count). The summed E-state index contributed by atoms with van der Waals surface area (Å²) in [5.74, 6) is 0.0520. The molecule has 96 valence electrons. The predicted molar refractivity (Wildman–Crippen MR) is 66.5 cm³/mol. The zero-order valence-corrected chi connectivity index (χ0v) is 11.2. The van der Waals surface area contributed by atoms with Crippen molar-refractivity contribution in [3.63, 3.8) is 0 Å². The van der Waals surface area contributed by atoms with Crippen LogP contribution in [0.3, 0.4) is 0 Å². The Hall–Kier alpha value is -0.610. The summed E-state index contributed by atoms with van der Waals surface area (Å²) in [5, 5.41) is 6.16. The van der Waals surface area contributed by atoms with Gasteiger partial charge in [0, 0.05) is 25.3 Å². The quantitative estimate of drug-likeness (QED) is 0.661. The van der Waals surface area contributed by atoms with Gasteiger partial charge in [0.1, 0.15) is 0 Å². The van der Waals surface area contributed by atoms with Gasteiger partial charge in [-0.05, 0) is 33.6 Å². The molecule has 0 saturated carbocycles. The number of methoxy groups -OCH3 is 1. The summed E-state index contributed by atoms with van der Waals surface area (Å²) in [7, 11) is 1.68. The van der Waals surface area contributed by atoms with Gasteiger partial charge >= 0.3 is 0 Å². The highest BCUT2D eigenvalue weighted by Gasteiger charge is 2.17. The average Bonchev–Trinajstić information content (AvgIpc) is 2.23. The maximum absolute atomic E-state index is 11.6. The zero-order chi connectivity index (χ0) is 12.6. The number of carbonyl (C=O) groups is 1. The highest BCUT2D eigenvalue weighted by molar-refractivity contribution is 5.78. The molecule has 4 heteroatoms. The topological polar surface area (TPSA) is 50.4 Å². The molecular weight excluding hydrogens is 204 g/mol. The van der Waals surface area contributed by atoms with E-state index in [4.69, 9.17) is 4.74 Å². The minimum atomic E-state index is -0.117. The monoisotopic (exact) mass is 230 g/mol. The maximum atomic E-state index is 11.6. The van der Waals surface area contributed by atoms with E-state index in [2.05, 4.69) is 24.5 Å².